The Bertz CT molecular complexity index is 124. The quantitative estimate of drug-likeness (QED) is 0.726. The first kappa shape index (κ1) is 11.3. The fourth-order valence-electron chi connectivity index (χ4n) is 1.90. The van der Waals surface area contributed by atoms with Gasteiger partial charge in [0.15, 0.2) is 0 Å². The smallest absolute Gasteiger partial charge is 0.0105 e. The van der Waals surface area contributed by atoms with Crippen LogP contribution in [0.15, 0.2) is 0 Å². The van der Waals surface area contributed by atoms with Crippen molar-refractivity contribution in [3.63, 3.8) is 0 Å². The first-order valence-electron chi connectivity index (χ1n) is 5.35. The highest BCUT2D eigenvalue weighted by atomic mass is 32.2. The predicted molar refractivity (Wildman–Crippen MR) is 61.5 cm³/mol. The van der Waals surface area contributed by atoms with Crippen LogP contribution in [0.25, 0.3) is 0 Å². The standard InChI is InChI=1S/C10H22N2S/c1-3-10(4-5-11-2)12-6-8-13-9-7-12/h10-11H,3-9H2,1-2H3. The van der Waals surface area contributed by atoms with Crippen LogP contribution in [0.2, 0.25) is 0 Å². The summed E-state index contributed by atoms with van der Waals surface area (Å²) in [5.74, 6) is 2.66. The van der Waals surface area contributed by atoms with E-state index in [9.17, 15) is 0 Å². The maximum Gasteiger partial charge on any atom is 0.0105 e. The van der Waals surface area contributed by atoms with Crippen LogP contribution in [0, 0.1) is 0 Å². The molecule has 0 bridgehead atoms. The molecule has 0 spiro atoms. The van der Waals surface area contributed by atoms with E-state index in [0.29, 0.717) is 0 Å². The van der Waals surface area contributed by atoms with E-state index in [1.165, 1.54) is 37.4 Å². The molecule has 0 aromatic rings. The molecule has 1 rings (SSSR count). The number of rotatable bonds is 5. The monoisotopic (exact) mass is 202 g/mol. The van der Waals surface area contributed by atoms with Gasteiger partial charge in [-0.3, -0.25) is 4.90 Å². The summed E-state index contributed by atoms with van der Waals surface area (Å²) in [5, 5.41) is 3.24. The lowest BCUT2D eigenvalue weighted by Crippen LogP contribution is -2.42. The van der Waals surface area contributed by atoms with Gasteiger partial charge in [0.2, 0.25) is 0 Å². The minimum atomic E-state index is 0.813. The fraction of sp³-hybridized carbons (Fsp3) is 1.00. The molecule has 1 fully saturated rings. The Kier molecular flexibility index (Phi) is 5.83. The van der Waals surface area contributed by atoms with E-state index >= 15 is 0 Å². The number of nitrogens with zero attached hydrogens (tertiary/aromatic N) is 1. The van der Waals surface area contributed by atoms with Gasteiger partial charge in [0.25, 0.3) is 0 Å². The zero-order chi connectivity index (χ0) is 9.52. The lowest BCUT2D eigenvalue weighted by Gasteiger charge is -2.33. The third-order valence-corrected chi connectivity index (χ3v) is 3.70. The predicted octanol–water partition coefficient (Wildman–Crippen LogP) is 1.42. The van der Waals surface area contributed by atoms with E-state index in [0.717, 1.165) is 12.6 Å². The number of nitrogens with one attached hydrogen (secondary N) is 1. The highest BCUT2D eigenvalue weighted by molar-refractivity contribution is 7.99. The molecule has 1 aliphatic heterocycles. The Morgan fingerprint density at radius 2 is 2.08 bits per heavy atom. The van der Waals surface area contributed by atoms with E-state index in [1.54, 1.807) is 0 Å². The van der Waals surface area contributed by atoms with Crippen molar-refractivity contribution in [2.75, 3.05) is 38.2 Å². The summed E-state index contributed by atoms with van der Waals surface area (Å²) in [7, 11) is 2.04. The Balaban J connectivity index is 2.26. The molecule has 0 radical (unpaired) electrons. The molecule has 2 nitrogen and oxygen atoms in total. The minimum absolute atomic E-state index is 0.813. The summed E-state index contributed by atoms with van der Waals surface area (Å²) in [6.07, 6.45) is 2.60. The molecule has 0 amide bonds. The Morgan fingerprint density at radius 1 is 1.38 bits per heavy atom. The normalized spacial score (nSPS) is 21.7. The van der Waals surface area contributed by atoms with Crippen LogP contribution >= 0.6 is 11.8 Å². The topological polar surface area (TPSA) is 15.3 Å². The van der Waals surface area contributed by atoms with Crippen molar-refractivity contribution < 1.29 is 0 Å². The third kappa shape index (κ3) is 3.88. The molecule has 0 aromatic carbocycles. The number of hydrogen-bond acceptors (Lipinski definition) is 3. The van der Waals surface area contributed by atoms with Gasteiger partial charge < -0.3 is 5.32 Å². The van der Waals surface area contributed by atoms with Gasteiger partial charge in [-0.25, -0.2) is 0 Å². The molecule has 0 aliphatic carbocycles. The van der Waals surface area contributed by atoms with Crippen LogP contribution < -0.4 is 5.32 Å². The molecular formula is C10H22N2S. The molecule has 78 valence electrons. The van der Waals surface area contributed by atoms with Crippen LogP contribution in [-0.2, 0) is 0 Å². The summed E-state index contributed by atoms with van der Waals surface area (Å²) < 4.78 is 0. The summed E-state index contributed by atoms with van der Waals surface area (Å²) >= 11 is 2.09. The van der Waals surface area contributed by atoms with Crippen LogP contribution in [0.1, 0.15) is 19.8 Å². The molecule has 1 atom stereocenters. The molecule has 1 unspecified atom stereocenters. The van der Waals surface area contributed by atoms with E-state index in [-0.39, 0.29) is 0 Å². The molecule has 0 aromatic heterocycles. The summed E-state index contributed by atoms with van der Waals surface area (Å²) in [6.45, 7) is 6.06. The average Bonchev–Trinajstić information content (AvgIpc) is 2.21. The van der Waals surface area contributed by atoms with Crippen LogP contribution in [0.4, 0.5) is 0 Å². The van der Waals surface area contributed by atoms with Crippen molar-refractivity contribution in [1.82, 2.24) is 10.2 Å². The second kappa shape index (κ2) is 6.68. The largest absolute Gasteiger partial charge is 0.320 e. The first-order valence-corrected chi connectivity index (χ1v) is 6.50. The minimum Gasteiger partial charge on any atom is -0.320 e. The van der Waals surface area contributed by atoms with Crippen molar-refractivity contribution in [1.29, 1.82) is 0 Å². The Labute approximate surface area is 86.5 Å². The molecule has 3 heteroatoms. The van der Waals surface area contributed by atoms with Gasteiger partial charge in [0.05, 0.1) is 0 Å². The highest BCUT2D eigenvalue weighted by Gasteiger charge is 2.18. The second-order valence-electron chi connectivity index (χ2n) is 3.60. The lowest BCUT2D eigenvalue weighted by molar-refractivity contribution is 0.200. The maximum absolute atomic E-state index is 3.24. The molecule has 13 heavy (non-hydrogen) atoms. The molecule has 1 saturated heterocycles. The van der Waals surface area contributed by atoms with Crippen molar-refractivity contribution in [2.45, 2.75) is 25.8 Å². The zero-order valence-electron chi connectivity index (χ0n) is 8.88. The van der Waals surface area contributed by atoms with Gasteiger partial charge in [-0.1, -0.05) is 6.92 Å². The summed E-state index contributed by atoms with van der Waals surface area (Å²) in [5.41, 5.74) is 0. The molecular weight excluding hydrogens is 180 g/mol. The van der Waals surface area contributed by atoms with Crippen molar-refractivity contribution in [3.8, 4) is 0 Å². The van der Waals surface area contributed by atoms with Gasteiger partial charge in [0.1, 0.15) is 0 Å². The van der Waals surface area contributed by atoms with Crippen molar-refractivity contribution >= 4 is 11.8 Å². The maximum atomic E-state index is 3.24. The Hall–Kier alpha value is 0.270. The van der Waals surface area contributed by atoms with Crippen LogP contribution in [0.5, 0.6) is 0 Å². The van der Waals surface area contributed by atoms with Crippen LogP contribution in [0.3, 0.4) is 0 Å². The van der Waals surface area contributed by atoms with Gasteiger partial charge in [0, 0.05) is 30.6 Å². The van der Waals surface area contributed by atoms with E-state index in [2.05, 4.69) is 28.9 Å². The zero-order valence-corrected chi connectivity index (χ0v) is 9.70. The van der Waals surface area contributed by atoms with E-state index in [1.807, 2.05) is 7.05 Å². The fourth-order valence-corrected chi connectivity index (χ4v) is 2.83. The number of thioether (sulfide) groups is 1. The van der Waals surface area contributed by atoms with Gasteiger partial charge >= 0.3 is 0 Å². The number of hydrogen-bond donors (Lipinski definition) is 1. The van der Waals surface area contributed by atoms with Crippen LogP contribution in [-0.4, -0.2) is 49.1 Å². The van der Waals surface area contributed by atoms with E-state index < -0.39 is 0 Å². The second-order valence-corrected chi connectivity index (χ2v) is 4.83. The third-order valence-electron chi connectivity index (χ3n) is 2.76. The summed E-state index contributed by atoms with van der Waals surface area (Å²) in [4.78, 5) is 2.66. The summed E-state index contributed by atoms with van der Waals surface area (Å²) in [6, 6.07) is 0.813. The average molecular weight is 202 g/mol. The van der Waals surface area contributed by atoms with Gasteiger partial charge in [-0.2, -0.15) is 11.8 Å². The Morgan fingerprint density at radius 3 is 2.62 bits per heavy atom. The highest BCUT2D eigenvalue weighted by Crippen LogP contribution is 2.15. The lowest BCUT2D eigenvalue weighted by atomic mass is 10.1. The van der Waals surface area contributed by atoms with Crippen molar-refractivity contribution in [2.24, 2.45) is 0 Å². The van der Waals surface area contributed by atoms with Crippen molar-refractivity contribution in [3.05, 3.63) is 0 Å². The molecule has 1 heterocycles. The molecule has 1 aliphatic rings. The molecule has 1 N–H and O–H groups in total. The van der Waals surface area contributed by atoms with Gasteiger partial charge in [-0.15, -0.1) is 0 Å². The first-order chi connectivity index (χ1) is 6.38. The SMILES string of the molecule is CCC(CCNC)N1CCSCC1. The molecule has 0 saturated carbocycles. The van der Waals surface area contributed by atoms with Gasteiger partial charge in [-0.05, 0) is 26.4 Å². The van der Waals surface area contributed by atoms with E-state index in [4.69, 9.17) is 0 Å².